The number of piperidine rings is 1. The summed E-state index contributed by atoms with van der Waals surface area (Å²) in [5.41, 5.74) is 0. The van der Waals surface area contributed by atoms with Crippen molar-refractivity contribution in [3.05, 3.63) is 24.3 Å². The highest BCUT2D eigenvalue weighted by atomic mass is 16.5. The monoisotopic (exact) mass is 295 g/mol. The van der Waals surface area contributed by atoms with Crippen LogP contribution in [-0.2, 0) is 4.79 Å². The van der Waals surface area contributed by atoms with E-state index in [0.29, 0.717) is 24.5 Å². The van der Waals surface area contributed by atoms with Crippen molar-refractivity contribution >= 4 is 5.91 Å². The smallest absolute Gasteiger partial charge is 0.260 e. The predicted molar refractivity (Wildman–Crippen MR) is 76.3 cm³/mol. The maximum absolute atomic E-state index is 12.1. The second-order valence-corrected chi connectivity index (χ2v) is 5.11. The molecule has 0 aliphatic carbocycles. The zero-order valence-corrected chi connectivity index (χ0v) is 12.1. The Hall–Kier alpha value is -1.79. The van der Waals surface area contributed by atoms with Crippen molar-refractivity contribution in [3.63, 3.8) is 0 Å². The van der Waals surface area contributed by atoms with Gasteiger partial charge in [0.15, 0.2) is 6.61 Å². The number of benzene rings is 1. The number of rotatable bonds is 5. The second-order valence-electron chi connectivity index (χ2n) is 5.11. The average Bonchev–Trinajstić information content (AvgIpc) is 2.52. The predicted octanol–water partition coefficient (Wildman–Crippen LogP) is 0.276. The van der Waals surface area contributed by atoms with Crippen LogP contribution in [0, 0.1) is 5.92 Å². The number of nitrogens with zero attached hydrogens (tertiary/aromatic N) is 1. The Morgan fingerprint density at radius 3 is 2.86 bits per heavy atom. The largest absolute Gasteiger partial charge is 0.497 e. The van der Waals surface area contributed by atoms with Gasteiger partial charge in [0.25, 0.3) is 5.91 Å². The second kappa shape index (κ2) is 7.28. The standard InChI is InChI=1S/C15H21NO5/c1-20-12-3-2-4-13(7-12)21-10-15(19)16-6-5-11(9-17)14(18)8-16/h2-4,7,11,14,17-18H,5-6,8-10H2,1H3/t11-,14-/m1/s1. The number of ether oxygens (including phenoxy) is 2. The number of β-amino-alcohol motifs (C(OH)–C–C–N with tert-alkyl or cyclic N) is 1. The molecule has 116 valence electrons. The molecule has 6 nitrogen and oxygen atoms in total. The molecule has 2 N–H and O–H groups in total. The summed E-state index contributed by atoms with van der Waals surface area (Å²) < 4.78 is 10.5. The summed E-state index contributed by atoms with van der Waals surface area (Å²) in [6, 6.07) is 7.04. The van der Waals surface area contributed by atoms with Crippen molar-refractivity contribution in [1.82, 2.24) is 4.90 Å². The topological polar surface area (TPSA) is 79.2 Å². The van der Waals surface area contributed by atoms with Crippen LogP contribution in [0.1, 0.15) is 6.42 Å². The van der Waals surface area contributed by atoms with E-state index in [1.165, 1.54) is 0 Å². The van der Waals surface area contributed by atoms with Gasteiger partial charge in [-0.3, -0.25) is 4.79 Å². The van der Waals surface area contributed by atoms with Gasteiger partial charge in [0.2, 0.25) is 0 Å². The Morgan fingerprint density at radius 2 is 2.19 bits per heavy atom. The van der Waals surface area contributed by atoms with E-state index in [1.807, 2.05) is 0 Å². The van der Waals surface area contributed by atoms with Gasteiger partial charge in [-0.1, -0.05) is 6.07 Å². The molecule has 21 heavy (non-hydrogen) atoms. The highest BCUT2D eigenvalue weighted by Crippen LogP contribution is 2.20. The molecule has 1 aliphatic heterocycles. The fourth-order valence-corrected chi connectivity index (χ4v) is 2.35. The zero-order valence-electron chi connectivity index (χ0n) is 12.1. The molecule has 6 heteroatoms. The van der Waals surface area contributed by atoms with Crippen molar-refractivity contribution in [3.8, 4) is 11.5 Å². The lowest BCUT2D eigenvalue weighted by Crippen LogP contribution is -2.48. The number of hydrogen-bond acceptors (Lipinski definition) is 5. The Balaban J connectivity index is 1.84. The Morgan fingerprint density at radius 1 is 1.43 bits per heavy atom. The van der Waals surface area contributed by atoms with Gasteiger partial charge in [-0.15, -0.1) is 0 Å². The average molecular weight is 295 g/mol. The van der Waals surface area contributed by atoms with Gasteiger partial charge < -0.3 is 24.6 Å². The Bertz CT molecular complexity index is 479. The van der Waals surface area contributed by atoms with Gasteiger partial charge in [0.05, 0.1) is 13.2 Å². The van der Waals surface area contributed by atoms with E-state index in [-0.39, 0.29) is 31.6 Å². The Labute approximate surface area is 123 Å². The van der Waals surface area contributed by atoms with E-state index >= 15 is 0 Å². The van der Waals surface area contributed by atoms with Gasteiger partial charge in [-0.25, -0.2) is 0 Å². The molecule has 0 spiro atoms. The Kier molecular flexibility index (Phi) is 5.41. The first kappa shape index (κ1) is 15.6. The summed E-state index contributed by atoms with van der Waals surface area (Å²) in [5.74, 6) is 0.911. The summed E-state index contributed by atoms with van der Waals surface area (Å²) in [4.78, 5) is 13.6. The highest BCUT2D eigenvalue weighted by Gasteiger charge is 2.29. The minimum atomic E-state index is -0.676. The summed E-state index contributed by atoms with van der Waals surface area (Å²) >= 11 is 0. The van der Waals surface area contributed by atoms with Crippen LogP contribution in [0.3, 0.4) is 0 Å². The van der Waals surface area contributed by atoms with Crippen molar-refractivity contribution < 1.29 is 24.5 Å². The molecule has 1 amide bonds. The molecule has 1 aromatic rings. The van der Waals surface area contributed by atoms with E-state index < -0.39 is 6.10 Å². The SMILES string of the molecule is COc1cccc(OCC(=O)N2CC[C@H](CO)[C@H](O)C2)c1. The van der Waals surface area contributed by atoms with Crippen LogP contribution in [0.25, 0.3) is 0 Å². The molecule has 1 aromatic carbocycles. The fourth-order valence-electron chi connectivity index (χ4n) is 2.35. The molecule has 0 radical (unpaired) electrons. The molecule has 1 saturated heterocycles. The molecule has 1 fully saturated rings. The van der Waals surface area contributed by atoms with E-state index in [4.69, 9.17) is 14.6 Å². The lowest BCUT2D eigenvalue weighted by molar-refractivity contribution is -0.138. The molecule has 1 heterocycles. The van der Waals surface area contributed by atoms with Crippen LogP contribution in [0.5, 0.6) is 11.5 Å². The molecular formula is C15H21NO5. The summed E-state index contributed by atoms with van der Waals surface area (Å²) in [7, 11) is 1.57. The molecule has 2 rings (SSSR count). The minimum Gasteiger partial charge on any atom is -0.497 e. The van der Waals surface area contributed by atoms with Gasteiger partial charge in [0.1, 0.15) is 11.5 Å². The van der Waals surface area contributed by atoms with E-state index in [1.54, 1.807) is 36.3 Å². The fraction of sp³-hybridized carbons (Fsp3) is 0.533. The van der Waals surface area contributed by atoms with Crippen LogP contribution in [-0.4, -0.2) is 60.5 Å². The minimum absolute atomic E-state index is 0.0521. The maximum Gasteiger partial charge on any atom is 0.260 e. The first-order chi connectivity index (χ1) is 10.1. The zero-order chi connectivity index (χ0) is 15.2. The number of likely N-dealkylation sites (tertiary alicyclic amines) is 1. The number of carbonyl (C=O) groups is 1. The third-order valence-corrected chi connectivity index (χ3v) is 3.71. The van der Waals surface area contributed by atoms with E-state index in [0.717, 1.165) is 0 Å². The molecule has 0 aromatic heterocycles. The van der Waals surface area contributed by atoms with Gasteiger partial charge >= 0.3 is 0 Å². The molecule has 0 bridgehead atoms. The van der Waals surface area contributed by atoms with Crippen LogP contribution >= 0.6 is 0 Å². The van der Waals surface area contributed by atoms with E-state index in [9.17, 15) is 9.90 Å². The quantitative estimate of drug-likeness (QED) is 0.815. The number of amides is 1. The molecule has 0 unspecified atom stereocenters. The van der Waals surface area contributed by atoms with Gasteiger partial charge in [-0.05, 0) is 18.6 Å². The third-order valence-electron chi connectivity index (χ3n) is 3.71. The lowest BCUT2D eigenvalue weighted by Gasteiger charge is -2.35. The molecule has 2 atom stereocenters. The first-order valence-corrected chi connectivity index (χ1v) is 6.97. The molecule has 1 aliphatic rings. The van der Waals surface area contributed by atoms with Crippen LogP contribution in [0.4, 0.5) is 0 Å². The van der Waals surface area contributed by atoms with Gasteiger partial charge in [-0.2, -0.15) is 0 Å². The lowest BCUT2D eigenvalue weighted by atomic mass is 9.95. The molecule has 0 saturated carbocycles. The van der Waals surface area contributed by atoms with Crippen molar-refractivity contribution in [1.29, 1.82) is 0 Å². The summed E-state index contributed by atoms with van der Waals surface area (Å²) in [6.45, 7) is 0.640. The maximum atomic E-state index is 12.1. The number of aliphatic hydroxyl groups excluding tert-OH is 2. The summed E-state index contributed by atoms with van der Waals surface area (Å²) in [5, 5.41) is 18.9. The van der Waals surface area contributed by atoms with Crippen LogP contribution in [0.2, 0.25) is 0 Å². The number of carbonyl (C=O) groups excluding carboxylic acids is 1. The molecular weight excluding hydrogens is 274 g/mol. The number of methoxy groups -OCH3 is 1. The van der Waals surface area contributed by atoms with Crippen LogP contribution < -0.4 is 9.47 Å². The number of aliphatic hydroxyl groups is 2. The normalized spacial score (nSPS) is 22.0. The third kappa shape index (κ3) is 4.09. The van der Waals surface area contributed by atoms with Crippen molar-refractivity contribution in [2.45, 2.75) is 12.5 Å². The number of hydrogen-bond donors (Lipinski definition) is 2. The highest BCUT2D eigenvalue weighted by molar-refractivity contribution is 5.78. The van der Waals surface area contributed by atoms with E-state index in [2.05, 4.69) is 0 Å². The van der Waals surface area contributed by atoms with Crippen LogP contribution in [0.15, 0.2) is 24.3 Å². The van der Waals surface area contributed by atoms with Crippen molar-refractivity contribution in [2.24, 2.45) is 5.92 Å². The first-order valence-electron chi connectivity index (χ1n) is 6.97. The van der Waals surface area contributed by atoms with Crippen molar-refractivity contribution in [2.75, 3.05) is 33.4 Å². The summed E-state index contributed by atoms with van der Waals surface area (Å²) in [6.07, 6.45) is -0.0766. The van der Waals surface area contributed by atoms with Gasteiger partial charge in [0, 0.05) is 31.7 Å².